The highest BCUT2D eigenvalue weighted by molar-refractivity contribution is 6.39. The van der Waals surface area contributed by atoms with Crippen LogP contribution in [0.25, 0.3) is 0 Å². The van der Waals surface area contributed by atoms with Gasteiger partial charge in [-0.15, -0.1) is 0 Å². The first-order valence-electron chi connectivity index (χ1n) is 4.58. The zero-order valence-corrected chi connectivity index (χ0v) is 7.62. The number of nitrogens with one attached hydrogen (secondary N) is 2. The molecule has 0 aromatic rings. The molecule has 76 valence electrons. The number of rotatable bonds is 2. The summed E-state index contributed by atoms with van der Waals surface area (Å²) in [4.78, 5) is 22.2. The van der Waals surface area contributed by atoms with Crippen LogP contribution in [0, 0.1) is 0 Å². The molecule has 1 aliphatic carbocycles. The summed E-state index contributed by atoms with van der Waals surface area (Å²) in [5, 5.41) is 6.42. The van der Waals surface area contributed by atoms with Gasteiger partial charge >= 0.3 is 0 Å². The Labute approximate surface area is 80.9 Å². The van der Waals surface area contributed by atoms with Crippen molar-refractivity contribution in [2.75, 3.05) is 0 Å². The minimum atomic E-state index is -0.219. The van der Waals surface area contributed by atoms with E-state index in [0.717, 1.165) is 6.42 Å². The molecule has 0 saturated heterocycles. The summed E-state index contributed by atoms with van der Waals surface area (Å²) in [6, 6.07) is 0.167. The highest BCUT2D eigenvalue weighted by Gasteiger charge is 2.35. The summed E-state index contributed by atoms with van der Waals surface area (Å²) < 4.78 is 0. The monoisotopic (exact) mass is 196 g/mol. The lowest BCUT2D eigenvalue weighted by atomic mass is 10.1. The SMILES string of the molecule is NC1CC1NC(=O)C1=NNC(=O)CC1. The fourth-order valence-corrected chi connectivity index (χ4v) is 1.27. The standard InChI is InChI=1S/C8H12N4O2/c9-4-3-6(4)10-8(14)5-1-2-7(13)12-11-5/h4,6H,1-3,9H2,(H,10,14)(H,12,13). The van der Waals surface area contributed by atoms with E-state index >= 15 is 0 Å². The van der Waals surface area contributed by atoms with Gasteiger partial charge < -0.3 is 11.1 Å². The molecule has 0 radical (unpaired) electrons. The van der Waals surface area contributed by atoms with E-state index < -0.39 is 0 Å². The lowest BCUT2D eigenvalue weighted by Crippen LogP contribution is -2.39. The second-order valence-corrected chi connectivity index (χ2v) is 3.57. The van der Waals surface area contributed by atoms with Crippen LogP contribution >= 0.6 is 0 Å². The summed E-state index contributed by atoms with van der Waals surface area (Å²) in [5.41, 5.74) is 8.20. The summed E-state index contributed by atoms with van der Waals surface area (Å²) in [6.07, 6.45) is 1.55. The lowest BCUT2D eigenvalue weighted by molar-refractivity contribution is -0.121. The molecule has 0 aromatic heterocycles. The highest BCUT2D eigenvalue weighted by Crippen LogP contribution is 2.17. The van der Waals surface area contributed by atoms with E-state index in [1.165, 1.54) is 0 Å². The van der Waals surface area contributed by atoms with E-state index in [2.05, 4.69) is 15.8 Å². The van der Waals surface area contributed by atoms with Crippen LogP contribution in [0.3, 0.4) is 0 Å². The van der Waals surface area contributed by atoms with Crippen LogP contribution in [0.4, 0.5) is 0 Å². The summed E-state index contributed by atoms with van der Waals surface area (Å²) in [6.45, 7) is 0. The molecule has 6 nitrogen and oxygen atoms in total. The lowest BCUT2D eigenvalue weighted by Gasteiger charge is -2.11. The summed E-state index contributed by atoms with van der Waals surface area (Å²) in [7, 11) is 0. The largest absolute Gasteiger partial charge is 0.347 e. The van der Waals surface area contributed by atoms with Crippen LogP contribution in [0.1, 0.15) is 19.3 Å². The van der Waals surface area contributed by atoms with Crippen LogP contribution in [0.15, 0.2) is 5.10 Å². The molecule has 1 heterocycles. The molecular weight excluding hydrogens is 184 g/mol. The maximum absolute atomic E-state index is 11.5. The van der Waals surface area contributed by atoms with Crippen molar-refractivity contribution in [2.24, 2.45) is 10.8 Å². The van der Waals surface area contributed by atoms with Gasteiger partial charge in [0.15, 0.2) is 0 Å². The van der Waals surface area contributed by atoms with Gasteiger partial charge in [0.25, 0.3) is 5.91 Å². The van der Waals surface area contributed by atoms with Gasteiger partial charge in [-0.1, -0.05) is 0 Å². The van der Waals surface area contributed by atoms with Crippen molar-refractivity contribution in [1.82, 2.24) is 10.7 Å². The zero-order chi connectivity index (χ0) is 10.1. The van der Waals surface area contributed by atoms with Crippen LogP contribution in [0.5, 0.6) is 0 Å². The Balaban J connectivity index is 1.88. The van der Waals surface area contributed by atoms with E-state index in [9.17, 15) is 9.59 Å². The van der Waals surface area contributed by atoms with Crippen molar-refractivity contribution in [3.05, 3.63) is 0 Å². The smallest absolute Gasteiger partial charge is 0.267 e. The van der Waals surface area contributed by atoms with Crippen LogP contribution in [0.2, 0.25) is 0 Å². The number of hydrogen-bond donors (Lipinski definition) is 3. The molecule has 2 aliphatic rings. The number of carbonyl (C=O) groups is 2. The van der Waals surface area contributed by atoms with Crippen molar-refractivity contribution in [3.8, 4) is 0 Å². The molecule has 2 rings (SSSR count). The molecule has 1 fully saturated rings. The summed E-state index contributed by atoms with van der Waals surface area (Å²) >= 11 is 0. The molecule has 2 amide bonds. The fourth-order valence-electron chi connectivity index (χ4n) is 1.27. The molecule has 4 N–H and O–H groups in total. The van der Waals surface area contributed by atoms with Gasteiger partial charge in [-0.3, -0.25) is 9.59 Å². The van der Waals surface area contributed by atoms with Crippen molar-refractivity contribution < 1.29 is 9.59 Å². The number of hydrazone groups is 1. The Morgan fingerprint density at radius 2 is 2.29 bits per heavy atom. The fraction of sp³-hybridized carbons (Fsp3) is 0.625. The molecule has 1 saturated carbocycles. The number of amides is 2. The van der Waals surface area contributed by atoms with Crippen molar-refractivity contribution in [1.29, 1.82) is 0 Å². The van der Waals surface area contributed by atoms with Crippen molar-refractivity contribution >= 4 is 17.5 Å². The summed E-state index contributed by atoms with van der Waals surface area (Å²) in [5.74, 6) is -0.368. The number of carbonyl (C=O) groups excluding carboxylic acids is 2. The topological polar surface area (TPSA) is 96.6 Å². The first kappa shape index (κ1) is 9.14. The van der Waals surface area contributed by atoms with Gasteiger partial charge in [0.1, 0.15) is 5.71 Å². The van der Waals surface area contributed by atoms with E-state index in [1.807, 2.05) is 0 Å². The minimum Gasteiger partial charge on any atom is -0.347 e. The Morgan fingerprint density at radius 1 is 1.57 bits per heavy atom. The van der Waals surface area contributed by atoms with Crippen molar-refractivity contribution in [3.63, 3.8) is 0 Å². The highest BCUT2D eigenvalue weighted by atomic mass is 16.2. The van der Waals surface area contributed by atoms with Gasteiger partial charge in [-0.2, -0.15) is 5.10 Å². The van der Waals surface area contributed by atoms with E-state index in [0.29, 0.717) is 18.6 Å². The minimum absolute atomic E-state index is 0.0812. The van der Waals surface area contributed by atoms with E-state index in [4.69, 9.17) is 5.73 Å². The predicted octanol–water partition coefficient (Wildman–Crippen LogP) is -1.53. The van der Waals surface area contributed by atoms with Crippen molar-refractivity contribution in [2.45, 2.75) is 31.3 Å². The number of nitrogens with zero attached hydrogens (tertiary/aromatic N) is 1. The molecule has 14 heavy (non-hydrogen) atoms. The van der Waals surface area contributed by atoms with Gasteiger partial charge in [-0.25, -0.2) is 5.43 Å². The third-order valence-corrected chi connectivity index (χ3v) is 2.32. The maximum Gasteiger partial charge on any atom is 0.267 e. The Kier molecular flexibility index (Phi) is 2.20. The average Bonchev–Trinajstić information content (AvgIpc) is 2.82. The third kappa shape index (κ3) is 1.90. The Morgan fingerprint density at radius 3 is 2.79 bits per heavy atom. The third-order valence-electron chi connectivity index (χ3n) is 2.32. The second-order valence-electron chi connectivity index (χ2n) is 3.57. The Bertz CT molecular complexity index is 312. The Hall–Kier alpha value is -1.43. The number of nitrogens with two attached hydrogens (primary N) is 1. The average molecular weight is 196 g/mol. The first-order chi connectivity index (χ1) is 6.66. The molecule has 0 aromatic carbocycles. The molecule has 6 heteroatoms. The van der Waals surface area contributed by atoms with Crippen LogP contribution in [-0.2, 0) is 9.59 Å². The molecule has 0 spiro atoms. The van der Waals surface area contributed by atoms with Gasteiger partial charge in [-0.05, 0) is 6.42 Å². The molecule has 1 aliphatic heterocycles. The predicted molar refractivity (Wildman–Crippen MR) is 49.3 cm³/mol. The molecular formula is C8H12N4O2. The normalized spacial score (nSPS) is 30.4. The van der Waals surface area contributed by atoms with E-state index in [1.54, 1.807) is 0 Å². The van der Waals surface area contributed by atoms with Crippen LogP contribution in [-0.4, -0.2) is 29.6 Å². The molecule has 2 atom stereocenters. The van der Waals surface area contributed by atoms with Gasteiger partial charge in [0.05, 0.1) is 0 Å². The first-order valence-corrected chi connectivity index (χ1v) is 4.58. The van der Waals surface area contributed by atoms with E-state index in [-0.39, 0.29) is 23.9 Å². The van der Waals surface area contributed by atoms with Gasteiger partial charge in [0.2, 0.25) is 5.91 Å². The zero-order valence-electron chi connectivity index (χ0n) is 7.62. The maximum atomic E-state index is 11.5. The molecule has 0 bridgehead atoms. The number of hydrogen-bond acceptors (Lipinski definition) is 4. The van der Waals surface area contributed by atoms with Gasteiger partial charge in [0, 0.05) is 24.9 Å². The quantitative estimate of drug-likeness (QED) is 0.499. The van der Waals surface area contributed by atoms with Crippen LogP contribution < -0.4 is 16.5 Å². The second kappa shape index (κ2) is 3.38. The molecule has 2 unspecified atom stereocenters.